The largest absolute Gasteiger partial charge is 0.481 e. The molecular weight excluding hydrogens is 282 g/mol. The maximum Gasteiger partial charge on any atom is 0.310 e. The monoisotopic (exact) mass is 309 g/mol. The number of aryl methyl sites for hydroxylation is 2. The average Bonchev–Trinajstić information content (AvgIpc) is 2.67. The van der Waals surface area contributed by atoms with Gasteiger partial charge in [-0.05, 0) is 50.9 Å². The fourth-order valence-corrected chi connectivity index (χ4v) is 4.48. The van der Waals surface area contributed by atoms with Crippen molar-refractivity contribution in [3.05, 3.63) is 15.6 Å². The van der Waals surface area contributed by atoms with Gasteiger partial charge in [0.25, 0.3) is 0 Å². The van der Waals surface area contributed by atoms with Gasteiger partial charge in [0.05, 0.1) is 16.1 Å². The molecule has 1 fully saturated rings. The van der Waals surface area contributed by atoms with Crippen LogP contribution in [-0.4, -0.2) is 16.1 Å². The molecule has 1 aliphatic rings. The van der Waals surface area contributed by atoms with Gasteiger partial charge in [-0.1, -0.05) is 20.8 Å². The van der Waals surface area contributed by atoms with Gasteiger partial charge in [-0.3, -0.25) is 4.79 Å². The first-order valence-electron chi connectivity index (χ1n) is 7.80. The van der Waals surface area contributed by atoms with Gasteiger partial charge in [-0.15, -0.1) is 11.3 Å². The molecule has 0 amide bonds. The molecule has 3 nitrogen and oxygen atoms in total. The highest BCUT2D eigenvalue weighted by molar-refractivity contribution is 7.11. The Bertz CT molecular complexity index is 500. The predicted molar refractivity (Wildman–Crippen MR) is 86.8 cm³/mol. The zero-order valence-corrected chi connectivity index (χ0v) is 14.6. The molecule has 1 aliphatic carbocycles. The maximum atomic E-state index is 11.9. The van der Waals surface area contributed by atoms with E-state index in [-0.39, 0.29) is 5.41 Å². The summed E-state index contributed by atoms with van der Waals surface area (Å²) in [5.74, 6) is -0.00916. The molecule has 1 saturated carbocycles. The van der Waals surface area contributed by atoms with Crippen LogP contribution in [0.25, 0.3) is 0 Å². The van der Waals surface area contributed by atoms with Gasteiger partial charge >= 0.3 is 5.97 Å². The van der Waals surface area contributed by atoms with Crippen molar-refractivity contribution >= 4 is 17.3 Å². The van der Waals surface area contributed by atoms with Crippen LogP contribution in [0, 0.1) is 30.6 Å². The Morgan fingerprint density at radius 1 is 1.33 bits per heavy atom. The quantitative estimate of drug-likeness (QED) is 0.887. The first-order valence-corrected chi connectivity index (χ1v) is 8.62. The smallest absolute Gasteiger partial charge is 0.310 e. The number of nitrogens with zero attached hydrogens (tertiary/aromatic N) is 1. The molecule has 0 unspecified atom stereocenters. The van der Waals surface area contributed by atoms with E-state index in [4.69, 9.17) is 0 Å². The Labute approximate surface area is 131 Å². The van der Waals surface area contributed by atoms with Gasteiger partial charge in [0.2, 0.25) is 0 Å². The first-order chi connectivity index (χ1) is 9.64. The standard InChI is InChI=1S/C17H27NO2S/c1-11-12(2)21-14(18-11)10-17(15(19)20)8-6-13(7-9-17)16(3,4)5/h13H,6-10H2,1-5H3,(H,19,20). The van der Waals surface area contributed by atoms with E-state index in [1.807, 2.05) is 6.92 Å². The van der Waals surface area contributed by atoms with Crippen LogP contribution >= 0.6 is 11.3 Å². The lowest BCUT2D eigenvalue weighted by molar-refractivity contribution is -0.152. The number of aromatic nitrogens is 1. The Balaban J connectivity index is 2.15. The summed E-state index contributed by atoms with van der Waals surface area (Å²) in [5.41, 5.74) is 0.719. The number of rotatable bonds is 3. The van der Waals surface area contributed by atoms with Crippen molar-refractivity contribution in [1.82, 2.24) is 4.98 Å². The molecule has 1 heterocycles. The molecular formula is C17H27NO2S. The van der Waals surface area contributed by atoms with Crippen molar-refractivity contribution in [2.24, 2.45) is 16.7 Å². The average molecular weight is 309 g/mol. The molecule has 1 aromatic rings. The number of thiazole rings is 1. The highest BCUT2D eigenvalue weighted by Crippen LogP contribution is 2.47. The third-order valence-electron chi connectivity index (χ3n) is 5.18. The van der Waals surface area contributed by atoms with Crippen LogP contribution in [0.2, 0.25) is 0 Å². The van der Waals surface area contributed by atoms with Crippen LogP contribution in [0.15, 0.2) is 0 Å². The van der Waals surface area contributed by atoms with Crippen LogP contribution in [0.1, 0.15) is 62.0 Å². The maximum absolute atomic E-state index is 11.9. The third-order valence-corrected chi connectivity index (χ3v) is 6.26. The third kappa shape index (κ3) is 3.47. The fourth-order valence-electron chi connectivity index (χ4n) is 3.41. The Hall–Kier alpha value is -0.900. The minimum absolute atomic E-state index is 0.277. The van der Waals surface area contributed by atoms with Crippen molar-refractivity contribution in [2.45, 2.75) is 66.7 Å². The van der Waals surface area contributed by atoms with Gasteiger partial charge < -0.3 is 5.11 Å². The van der Waals surface area contributed by atoms with E-state index in [0.717, 1.165) is 36.4 Å². The second-order valence-corrected chi connectivity index (χ2v) is 8.94. The lowest BCUT2D eigenvalue weighted by Gasteiger charge is -2.41. The van der Waals surface area contributed by atoms with E-state index in [2.05, 4.69) is 32.7 Å². The molecule has 0 aliphatic heterocycles. The van der Waals surface area contributed by atoms with Crippen LogP contribution in [0.4, 0.5) is 0 Å². The molecule has 0 radical (unpaired) electrons. The molecule has 0 bridgehead atoms. The summed E-state index contributed by atoms with van der Waals surface area (Å²) in [6, 6.07) is 0. The summed E-state index contributed by atoms with van der Waals surface area (Å²) < 4.78 is 0. The molecule has 0 spiro atoms. The summed E-state index contributed by atoms with van der Waals surface area (Å²) in [6.07, 6.45) is 4.18. The van der Waals surface area contributed by atoms with Gasteiger partial charge in [-0.2, -0.15) is 0 Å². The van der Waals surface area contributed by atoms with Crippen molar-refractivity contribution in [3.63, 3.8) is 0 Å². The normalized spacial score (nSPS) is 26.8. The van der Waals surface area contributed by atoms with Gasteiger partial charge in [0.1, 0.15) is 0 Å². The number of hydrogen-bond donors (Lipinski definition) is 1. The van der Waals surface area contributed by atoms with Crippen LogP contribution < -0.4 is 0 Å². The second kappa shape index (κ2) is 5.71. The highest BCUT2D eigenvalue weighted by atomic mass is 32.1. The summed E-state index contributed by atoms with van der Waals surface area (Å²) in [5, 5.41) is 10.8. The van der Waals surface area contributed by atoms with Gasteiger partial charge in [0, 0.05) is 11.3 Å². The predicted octanol–water partition coefficient (Wildman–Crippen LogP) is 4.61. The lowest BCUT2D eigenvalue weighted by atomic mass is 9.63. The topological polar surface area (TPSA) is 50.2 Å². The second-order valence-electron chi connectivity index (χ2n) is 7.65. The summed E-state index contributed by atoms with van der Waals surface area (Å²) in [4.78, 5) is 17.7. The summed E-state index contributed by atoms with van der Waals surface area (Å²) >= 11 is 1.66. The van der Waals surface area contributed by atoms with E-state index >= 15 is 0 Å². The zero-order valence-electron chi connectivity index (χ0n) is 13.8. The number of carbonyl (C=O) groups is 1. The van der Waals surface area contributed by atoms with E-state index in [1.165, 1.54) is 4.88 Å². The van der Waals surface area contributed by atoms with Gasteiger partial charge in [0.15, 0.2) is 0 Å². The number of hydrogen-bond acceptors (Lipinski definition) is 3. The Kier molecular flexibility index (Phi) is 4.48. The van der Waals surface area contributed by atoms with Crippen LogP contribution in [-0.2, 0) is 11.2 Å². The first kappa shape index (κ1) is 16.5. The van der Waals surface area contributed by atoms with Crippen molar-refractivity contribution in [2.75, 3.05) is 0 Å². The molecule has 4 heteroatoms. The van der Waals surface area contributed by atoms with Crippen LogP contribution in [0.5, 0.6) is 0 Å². The number of carboxylic acids is 1. The molecule has 21 heavy (non-hydrogen) atoms. The van der Waals surface area contributed by atoms with E-state index in [0.29, 0.717) is 12.3 Å². The number of aliphatic carboxylic acids is 1. The van der Waals surface area contributed by atoms with Crippen LogP contribution in [0.3, 0.4) is 0 Å². The molecule has 2 rings (SSSR count). The molecule has 0 saturated heterocycles. The minimum Gasteiger partial charge on any atom is -0.481 e. The molecule has 1 aromatic heterocycles. The molecule has 118 valence electrons. The van der Waals surface area contributed by atoms with E-state index in [1.54, 1.807) is 11.3 Å². The lowest BCUT2D eigenvalue weighted by Crippen LogP contribution is -2.39. The summed E-state index contributed by atoms with van der Waals surface area (Å²) in [6.45, 7) is 10.8. The van der Waals surface area contributed by atoms with Crippen molar-refractivity contribution in [1.29, 1.82) is 0 Å². The zero-order chi connectivity index (χ0) is 15.8. The fraction of sp³-hybridized carbons (Fsp3) is 0.765. The molecule has 0 atom stereocenters. The van der Waals surface area contributed by atoms with E-state index < -0.39 is 11.4 Å². The Morgan fingerprint density at radius 3 is 2.29 bits per heavy atom. The van der Waals surface area contributed by atoms with Crippen molar-refractivity contribution < 1.29 is 9.90 Å². The highest BCUT2D eigenvalue weighted by Gasteiger charge is 2.44. The van der Waals surface area contributed by atoms with E-state index in [9.17, 15) is 9.90 Å². The van der Waals surface area contributed by atoms with Gasteiger partial charge in [-0.25, -0.2) is 4.98 Å². The molecule has 0 aromatic carbocycles. The minimum atomic E-state index is -0.639. The SMILES string of the molecule is Cc1nc(CC2(C(=O)O)CCC(C(C)(C)C)CC2)sc1C. The summed E-state index contributed by atoms with van der Waals surface area (Å²) in [7, 11) is 0. The van der Waals surface area contributed by atoms with Crippen molar-refractivity contribution in [3.8, 4) is 0 Å². The number of carboxylic acid groups (broad SMARTS) is 1. The molecule has 1 N–H and O–H groups in total. The Morgan fingerprint density at radius 2 is 1.90 bits per heavy atom.